The topological polar surface area (TPSA) is 55.1 Å². The van der Waals surface area contributed by atoms with Crippen molar-refractivity contribution in [2.45, 2.75) is 20.3 Å². The van der Waals surface area contributed by atoms with E-state index in [0.717, 1.165) is 0 Å². The smallest absolute Gasteiger partial charge is 0.224 e. The van der Waals surface area contributed by atoms with Gasteiger partial charge in [-0.2, -0.15) is 0 Å². The molecule has 0 aliphatic rings. The molecule has 1 amide bonds. The van der Waals surface area contributed by atoms with Crippen LogP contribution in [0.2, 0.25) is 0 Å². The summed E-state index contributed by atoms with van der Waals surface area (Å²) >= 11 is 0. The number of rotatable bonds is 5. The Morgan fingerprint density at radius 2 is 2.25 bits per heavy atom. The molecular weight excluding hydrogens is 200 g/mol. The van der Waals surface area contributed by atoms with Crippen molar-refractivity contribution < 1.29 is 4.79 Å². The number of nitrogens with one attached hydrogen (secondary N) is 1. The van der Waals surface area contributed by atoms with Crippen LogP contribution in [0.5, 0.6) is 0 Å². The number of benzene rings is 1. The van der Waals surface area contributed by atoms with Gasteiger partial charge in [0.15, 0.2) is 0 Å². The fourth-order valence-electron chi connectivity index (χ4n) is 1.73. The number of nitrogens with two attached hydrogens (primary N) is 1. The average molecular weight is 220 g/mol. The second kappa shape index (κ2) is 6.28. The Hall–Kier alpha value is -1.35. The van der Waals surface area contributed by atoms with E-state index in [4.69, 9.17) is 5.73 Å². The van der Waals surface area contributed by atoms with Crippen LogP contribution in [0.25, 0.3) is 0 Å². The minimum absolute atomic E-state index is 0.0477. The van der Waals surface area contributed by atoms with Gasteiger partial charge in [-0.25, -0.2) is 0 Å². The van der Waals surface area contributed by atoms with E-state index in [1.165, 1.54) is 11.1 Å². The van der Waals surface area contributed by atoms with Crippen LogP contribution in [0, 0.1) is 12.8 Å². The van der Waals surface area contributed by atoms with E-state index >= 15 is 0 Å². The summed E-state index contributed by atoms with van der Waals surface area (Å²) < 4.78 is 0. The minimum Gasteiger partial charge on any atom is -0.356 e. The Morgan fingerprint density at radius 1 is 1.50 bits per heavy atom. The predicted octanol–water partition coefficient (Wildman–Crippen LogP) is 1.25. The molecule has 1 aromatic rings. The van der Waals surface area contributed by atoms with Crippen LogP contribution in [0.4, 0.5) is 0 Å². The lowest BCUT2D eigenvalue weighted by Gasteiger charge is -2.14. The third-order valence-electron chi connectivity index (χ3n) is 2.57. The maximum Gasteiger partial charge on any atom is 0.224 e. The normalized spacial score (nSPS) is 12.2. The van der Waals surface area contributed by atoms with E-state index in [1.807, 2.05) is 32.0 Å². The number of hydrogen-bond donors (Lipinski definition) is 2. The van der Waals surface area contributed by atoms with Crippen molar-refractivity contribution in [2.75, 3.05) is 13.1 Å². The number of amides is 1. The molecule has 0 aromatic heterocycles. The zero-order valence-corrected chi connectivity index (χ0v) is 9.99. The maximum atomic E-state index is 11.7. The van der Waals surface area contributed by atoms with Gasteiger partial charge in [0, 0.05) is 13.1 Å². The maximum absolute atomic E-state index is 11.7. The summed E-state index contributed by atoms with van der Waals surface area (Å²) in [5.41, 5.74) is 8.01. The van der Waals surface area contributed by atoms with Crippen molar-refractivity contribution in [1.29, 1.82) is 0 Å². The molecule has 0 aliphatic heterocycles. The molecule has 1 aromatic carbocycles. The quantitative estimate of drug-likeness (QED) is 0.784. The van der Waals surface area contributed by atoms with Crippen LogP contribution >= 0.6 is 0 Å². The van der Waals surface area contributed by atoms with Crippen molar-refractivity contribution in [3.8, 4) is 0 Å². The monoisotopic (exact) mass is 220 g/mol. The molecule has 0 heterocycles. The molecule has 0 saturated heterocycles. The van der Waals surface area contributed by atoms with Gasteiger partial charge in [0.1, 0.15) is 0 Å². The van der Waals surface area contributed by atoms with Gasteiger partial charge in [-0.15, -0.1) is 0 Å². The van der Waals surface area contributed by atoms with Gasteiger partial charge >= 0.3 is 0 Å². The Bertz CT molecular complexity index is 350. The highest BCUT2D eigenvalue weighted by atomic mass is 16.1. The van der Waals surface area contributed by atoms with Crippen LogP contribution in [0.3, 0.4) is 0 Å². The van der Waals surface area contributed by atoms with E-state index in [2.05, 4.69) is 11.4 Å². The zero-order valence-electron chi connectivity index (χ0n) is 9.99. The SMILES string of the molecule is CCNC(=O)C(CN)Cc1cccc(C)c1. The van der Waals surface area contributed by atoms with E-state index in [1.54, 1.807) is 0 Å². The molecule has 3 N–H and O–H groups in total. The molecule has 0 radical (unpaired) electrons. The molecule has 3 heteroatoms. The van der Waals surface area contributed by atoms with Crippen molar-refractivity contribution in [3.05, 3.63) is 35.4 Å². The van der Waals surface area contributed by atoms with Gasteiger partial charge in [0.05, 0.1) is 5.92 Å². The van der Waals surface area contributed by atoms with Gasteiger partial charge in [-0.05, 0) is 25.8 Å². The minimum atomic E-state index is -0.123. The summed E-state index contributed by atoms with van der Waals surface area (Å²) in [6.07, 6.45) is 0.712. The highest BCUT2D eigenvalue weighted by Gasteiger charge is 2.16. The van der Waals surface area contributed by atoms with Gasteiger partial charge < -0.3 is 11.1 Å². The second-order valence-electron chi connectivity index (χ2n) is 4.02. The fourth-order valence-corrected chi connectivity index (χ4v) is 1.73. The summed E-state index contributed by atoms with van der Waals surface area (Å²) in [5.74, 6) is -0.0757. The third kappa shape index (κ3) is 3.66. The Morgan fingerprint density at radius 3 is 2.81 bits per heavy atom. The Labute approximate surface area is 97.0 Å². The lowest BCUT2D eigenvalue weighted by atomic mass is 9.97. The molecule has 16 heavy (non-hydrogen) atoms. The fraction of sp³-hybridized carbons (Fsp3) is 0.462. The third-order valence-corrected chi connectivity index (χ3v) is 2.57. The number of carbonyl (C=O) groups excluding carboxylic acids is 1. The second-order valence-corrected chi connectivity index (χ2v) is 4.02. The van der Waals surface area contributed by atoms with E-state index in [9.17, 15) is 4.79 Å². The number of hydrogen-bond acceptors (Lipinski definition) is 2. The van der Waals surface area contributed by atoms with Crippen LogP contribution in [-0.4, -0.2) is 19.0 Å². The molecule has 0 fully saturated rings. The van der Waals surface area contributed by atoms with Gasteiger partial charge in [0.2, 0.25) is 5.91 Å². The average Bonchev–Trinajstić information content (AvgIpc) is 2.26. The standard InChI is InChI=1S/C13H20N2O/c1-3-15-13(16)12(9-14)8-11-6-4-5-10(2)7-11/h4-7,12H,3,8-9,14H2,1-2H3,(H,15,16). The van der Waals surface area contributed by atoms with Crippen molar-refractivity contribution in [3.63, 3.8) is 0 Å². The van der Waals surface area contributed by atoms with Crippen LogP contribution in [-0.2, 0) is 11.2 Å². The first-order chi connectivity index (χ1) is 7.67. The first-order valence-electron chi connectivity index (χ1n) is 5.70. The Balaban J connectivity index is 2.66. The summed E-state index contributed by atoms with van der Waals surface area (Å²) in [4.78, 5) is 11.7. The lowest BCUT2D eigenvalue weighted by molar-refractivity contribution is -0.124. The van der Waals surface area contributed by atoms with Crippen molar-refractivity contribution in [2.24, 2.45) is 11.7 Å². The Kier molecular flexibility index (Phi) is 4.99. The molecule has 0 aliphatic carbocycles. The predicted molar refractivity (Wildman–Crippen MR) is 66.1 cm³/mol. The highest BCUT2D eigenvalue weighted by Crippen LogP contribution is 2.10. The van der Waals surface area contributed by atoms with Crippen LogP contribution in [0.1, 0.15) is 18.1 Å². The van der Waals surface area contributed by atoms with Gasteiger partial charge in [0.25, 0.3) is 0 Å². The first-order valence-corrected chi connectivity index (χ1v) is 5.70. The first kappa shape index (κ1) is 12.7. The summed E-state index contributed by atoms with van der Waals surface area (Å²) in [7, 11) is 0. The molecule has 0 spiro atoms. The molecule has 3 nitrogen and oxygen atoms in total. The molecule has 1 rings (SSSR count). The lowest BCUT2D eigenvalue weighted by Crippen LogP contribution is -2.36. The van der Waals surface area contributed by atoms with E-state index in [0.29, 0.717) is 19.5 Å². The molecular formula is C13H20N2O. The largest absolute Gasteiger partial charge is 0.356 e. The van der Waals surface area contributed by atoms with Crippen molar-refractivity contribution >= 4 is 5.91 Å². The number of carbonyl (C=O) groups is 1. The van der Waals surface area contributed by atoms with Gasteiger partial charge in [-0.1, -0.05) is 29.8 Å². The van der Waals surface area contributed by atoms with E-state index in [-0.39, 0.29) is 11.8 Å². The molecule has 0 bridgehead atoms. The molecule has 1 unspecified atom stereocenters. The highest BCUT2D eigenvalue weighted by molar-refractivity contribution is 5.79. The van der Waals surface area contributed by atoms with Gasteiger partial charge in [-0.3, -0.25) is 4.79 Å². The van der Waals surface area contributed by atoms with Crippen LogP contribution < -0.4 is 11.1 Å². The molecule has 0 saturated carbocycles. The summed E-state index contributed by atoms with van der Waals surface area (Å²) in [5, 5.41) is 2.81. The molecule has 88 valence electrons. The van der Waals surface area contributed by atoms with E-state index < -0.39 is 0 Å². The summed E-state index contributed by atoms with van der Waals surface area (Å²) in [6.45, 7) is 5.01. The van der Waals surface area contributed by atoms with Crippen LogP contribution in [0.15, 0.2) is 24.3 Å². The zero-order chi connectivity index (χ0) is 12.0. The van der Waals surface area contributed by atoms with Crippen molar-refractivity contribution in [1.82, 2.24) is 5.32 Å². The molecule has 1 atom stereocenters. The number of aryl methyl sites for hydroxylation is 1. The summed E-state index contributed by atoms with van der Waals surface area (Å²) in [6, 6.07) is 8.19.